The Morgan fingerprint density at radius 3 is 2.60 bits per heavy atom. The lowest BCUT2D eigenvalue weighted by Crippen LogP contribution is -2.30. The minimum atomic E-state index is -4.14. The zero-order valence-electron chi connectivity index (χ0n) is 10.9. The van der Waals surface area contributed by atoms with Gasteiger partial charge in [-0.25, -0.2) is 17.9 Å². The summed E-state index contributed by atoms with van der Waals surface area (Å²) < 4.78 is 40.9. The van der Waals surface area contributed by atoms with Crippen LogP contribution in [0.5, 0.6) is 0 Å². The molecular weight excluding hydrogens is 355 g/mol. The number of amides is 1. The number of methoxy groups -OCH3 is 1. The van der Waals surface area contributed by atoms with Crippen LogP contribution in [0.25, 0.3) is 0 Å². The Labute approximate surface area is 124 Å². The number of ether oxygens (including phenoxy) is 1. The summed E-state index contributed by atoms with van der Waals surface area (Å²) in [6.45, 7) is 0.598. The lowest BCUT2D eigenvalue weighted by Gasteiger charge is -2.17. The second kappa shape index (κ2) is 6.61. The number of likely N-dealkylation sites (N-methyl/N-ethyl adjacent to an activating group) is 1. The highest BCUT2D eigenvalue weighted by Gasteiger charge is 2.21. The average Bonchev–Trinajstić information content (AvgIpc) is 2.36. The predicted octanol–water partition coefficient (Wildman–Crippen LogP) is 0.954. The molecule has 0 radical (unpaired) electrons. The number of hydrogen-bond donors (Lipinski definition) is 1. The first-order valence-corrected chi connectivity index (χ1v) is 7.78. The normalized spacial score (nSPS) is 11.4. The third kappa shape index (κ3) is 3.98. The zero-order chi connectivity index (χ0) is 15.5. The van der Waals surface area contributed by atoms with Crippen molar-refractivity contribution < 1.29 is 22.3 Å². The fourth-order valence-electron chi connectivity index (χ4n) is 1.44. The molecule has 0 aliphatic rings. The molecule has 6 nitrogen and oxygen atoms in total. The summed E-state index contributed by atoms with van der Waals surface area (Å²) in [6.07, 6.45) is 0. The van der Waals surface area contributed by atoms with Crippen LogP contribution in [0.1, 0.15) is 10.4 Å². The van der Waals surface area contributed by atoms with Gasteiger partial charge in [-0.15, -0.1) is 0 Å². The van der Waals surface area contributed by atoms with Crippen LogP contribution in [0.3, 0.4) is 0 Å². The second-order valence-corrected chi connectivity index (χ2v) is 6.36. The fourth-order valence-corrected chi connectivity index (χ4v) is 2.99. The number of benzene rings is 1. The maximum Gasteiger partial charge on any atom is 0.253 e. The largest absolute Gasteiger partial charge is 0.383 e. The van der Waals surface area contributed by atoms with Gasteiger partial charge in [0.15, 0.2) is 0 Å². The lowest BCUT2D eigenvalue weighted by molar-refractivity contribution is 0.0743. The van der Waals surface area contributed by atoms with Gasteiger partial charge >= 0.3 is 0 Å². The number of halogens is 2. The molecule has 0 bridgehead atoms. The summed E-state index contributed by atoms with van der Waals surface area (Å²) in [7, 11) is -1.16. The van der Waals surface area contributed by atoms with Crippen molar-refractivity contribution in [1.82, 2.24) is 4.90 Å². The van der Waals surface area contributed by atoms with E-state index in [1.54, 1.807) is 0 Å². The third-order valence-electron chi connectivity index (χ3n) is 2.53. The van der Waals surface area contributed by atoms with Crippen LogP contribution in [0, 0.1) is 5.82 Å². The van der Waals surface area contributed by atoms with Gasteiger partial charge in [0.1, 0.15) is 5.82 Å². The first-order valence-electron chi connectivity index (χ1n) is 5.44. The maximum absolute atomic E-state index is 13.7. The van der Waals surface area contributed by atoms with E-state index >= 15 is 0 Å². The number of rotatable bonds is 5. The molecule has 0 aromatic heterocycles. The molecule has 0 heterocycles. The van der Waals surface area contributed by atoms with E-state index in [1.165, 1.54) is 19.1 Å². The molecule has 0 aliphatic carbocycles. The highest BCUT2D eigenvalue weighted by Crippen LogP contribution is 2.26. The van der Waals surface area contributed by atoms with Gasteiger partial charge in [0.2, 0.25) is 10.0 Å². The predicted molar refractivity (Wildman–Crippen MR) is 74.3 cm³/mol. The van der Waals surface area contributed by atoms with E-state index in [9.17, 15) is 17.6 Å². The van der Waals surface area contributed by atoms with E-state index in [0.717, 1.165) is 12.1 Å². The molecule has 0 spiro atoms. The number of sulfonamides is 1. The molecule has 1 aromatic rings. The molecule has 112 valence electrons. The third-order valence-corrected chi connectivity index (χ3v) is 4.53. The molecule has 0 saturated carbocycles. The number of nitrogens with zero attached hydrogens (tertiary/aromatic N) is 1. The molecular formula is C11H14BrFN2O4S. The van der Waals surface area contributed by atoms with Gasteiger partial charge in [-0.3, -0.25) is 4.79 Å². The van der Waals surface area contributed by atoms with Gasteiger partial charge in [0.25, 0.3) is 5.91 Å². The Morgan fingerprint density at radius 2 is 2.10 bits per heavy atom. The van der Waals surface area contributed by atoms with Crippen LogP contribution < -0.4 is 5.14 Å². The summed E-state index contributed by atoms with van der Waals surface area (Å²) in [5.41, 5.74) is -0.103. The van der Waals surface area contributed by atoms with Crippen molar-refractivity contribution in [3.63, 3.8) is 0 Å². The molecule has 0 unspecified atom stereocenters. The Hall–Kier alpha value is -1.03. The molecule has 1 amide bonds. The standard InChI is InChI=1S/C11H14BrFN2O4S/c1-15(3-4-19-2)11(16)7-5-8(13)10(12)9(6-7)20(14,17)18/h5-6H,3-4H2,1-2H3,(H2,14,17,18). The number of carbonyl (C=O) groups is 1. The van der Waals surface area contributed by atoms with Gasteiger partial charge in [-0.05, 0) is 28.1 Å². The molecule has 2 N–H and O–H groups in total. The van der Waals surface area contributed by atoms with Gasteiger partial charge in [0.05, 0.1) is 16.0 Å². The highest BCUT2D eigenvalue weighted by atomic mass is 79.9. The highest BCUT2D eigenvalue weighted by molar-refractivity contribution is 9.10. The lowest BCUT2D eigenvalue weighted by atomic mass is 10.2. The molecule has 0 fully saturated rings. The van der Waals surface area contributed by atoms with Crippen molar-refractivity contribution in [2.75, 3.05) is 27.3 Å². The van der Waals surface area contributed by atoms with Crippen molar-refractivity contribution in [2.45, 2.75) is 4.90 Å². The van der Waals surface area contributed by atoms with E-state index < -0.39 is 26.6 Å². The quantitative estimate of drug-likeness (QED) is 0.837. The topological polar surface area (TPSA) is 89.7 Å². The van der Waals surface area contributed by atoms with Crippen molar-refractivity contribution >= 4 is 31.9 Å². The minimum Gasteiger partial charge on any atom is -0.383 e. The molecule has 1 aromatic carbocycles. The van der Waals surface area contributed by atoms with Crippen molar-refractivity contribution in [3.8, 4) is 0 Å². The minimum absolute atomic E-state index is 0.103. The van der Waals surface area contributed by atoms with Crippen LogP contribution in [0.4, 0.5) is 4.39 Å². The van der Waals surface area contributed by atoms with E-state index in [1.807, 2.05) is 0 Å². The van der Waals surface area contributed by atoms with E-state index in [2.05, 4.69) is 15.9 Å². The van der Waals surface area contributed by atoms with E-state index in [-0.39, 0.29) is 16.6 Å². The van der Waals surface area contributed by atoms with E-state index in [4.69, 9.17) is 9.88 Å². The van der Waals surface area contributed by atoms with Crippen molar-refractivity contribution in [1.29, 1.82) is 0 Å². The molecule has 9 heteroatoms. The Balaban J connectivity index is 3.21. The van der Waals surface area contributed by atoms with Crippen LogP contribution in [0.2, 0.25) is 0 Å². The smallest absolute Gasteiger partial charge is 0.253 e. The summed E-state index contributed by atoms with van der Waals surface area (Å²) in [5.74, 6) is -1.40. The number of carbonyl (C=O) groups excluding carboxylic acids is 1. The number of nitrogens with two attached hydrogens (primary N) is 1. The second-order valence-electron chi connectivity index (χ2n) is 4.03. The molecule has 20 heavy (non-hydrogen) atoms. The van der Waals surface area contributed by atoms with Crippen LogP contribution in [-0.4, -0.2) is 46.5 Å². The SMILES string of the molecule is COCCN(C)C(=O)c1cc(F)c(Br)c(S(N)(=O)=O)c1. The first kappa shape index (κ1) is 17.0. The van der Waals surface area contributed by atoms with Gasteiger partial charge < -0.3 is 9.64 Å². The van der Waals surface area contributed by atoms with Crippen LogP contribution >= 0.6 is 15.9 Å². The van der Waals surface area contributed by atoms with Crippen LogP contribution in [-0.2, 0) is 14.8 Å². The molecule has 0 aliphatic heterocycles. The first-order chi connectivity index (χ1) is 9.18. The number of primary sulfonamides is 1. The molecule has 0 atom stereocenters. The van der Waals surface area contributed by atoms with Crippen molar-refractivity contribution in [3.05, 3.63) is 28.0 Å². The summed E-state index contributed by atoms with van der Waals surface area (Å²) in [6, 6.07) is 1.98. The Kier molecular flexibility index (Phi) is 5.63. The summed E-state index contributed by atoms with van der Waals surface area (Å²) in [5, 5.41) is 4.98. The Morgan fingerprint density at radius 1 is 1.50 bits per heavy atom. The maximum atomic E-state index is 13.7. The molecule has 0 saturated heterocycles. The molecule has 1 rings (SSSR count). The van der Waals surface area contributed by atoms with Gasteiger partial charge in [0, 0.05) is 26.3 Å². The van der Waals surface area contributed by atoms with Gasteiger partial charge in [-0.2, -0.15) is 0 Å². The zero-order valence-corrected chi connectivity index (χ0v) is 13.3. The van der Waals surface area contributed by atoms with Gasteiger partial charge in [-0.1, -0.05) is 0 Å². The fraction of sp³-hybridized carbons (Fsp3) is 0.364. The van der Waals surface area contributed by atoms with Crippen molar-refractivity contribution in [2.24, 2.45) is 5.14 Å². The van der Waals surface area contributed by atoms with E-state index in [0.29, 0.717) is 6.61 Å². The number of hydrogen-bond acceptors (Lipinski definition) is 4. The van der Waals surface area contributed by atoms with Crippen LogP contribution in [0.15, 0.2) is 21.5 Å². The monoisotopic (exact) mass is 368 g/mol. The Bertz CT molecular complexity index is 621. The summed E-state index contributed by atoms with van der Waals surface area (Å²) >= 11 is 2.80. The average molecular weight is 369 g/mol. The summed E-state index contributed by atoms with van der Waals surface area (Å²) in [4.78, 5) is 12.9.